The van der Waals surface area contributed by atoms with Crippen LogP contribution in [0.3, 0.4) is 0 Å². The third-order valence-electron chi connectivity index (χ3n) is 5.44. The lowest BCUT2D eigenvalue weighted by Crippen LogP contribution is -2.36. The number of amides is 2. The van der Waals surface area contributed by atoms with E-state index in [4.69, 9.17) is 9.47 Å². The molecule has 2 aliphatic rings. The monoisotopic (exact) mass is 409 g/mol. The van der Waals surface area contributed by atoms with Gasteiger partial charge in [0.15, 0.2) is 0 Å². The van der Waals surface area contributed by atoms with Gasteiger partial charge < -0.3 is 24.6 Å². The summed E-state index contributed by atoms with van der Waals surface area (Å²) in [5.74, 6) is 0.595. The molecule has 1 fully saturated rings. The fourth-order valence-corrected chi connectivity index (χ4v) is 3.74. The molecule has 0 spiro atoms. The van der Waals surface area contributed by atoms with Gasteiger partial charge in [-0.15, -0.1) is 0 Å². The van der Waals surface area contributed by atoms with Crippen molar-refractivity contribution in [1.29, 1.82) is 0 Å². The molecule has 0 aliphatic carbocycles. The highest BCUT2D eigenvalue weighted by atomic mass is 16.5. The Morgan fingerprint density at radius 2 is 1.83 bits per heavy atom. The third kappa shape index (κ3) is 4.91. The van der Waals surface area contributed by atoms with Gasteiger partial charge in [0.05, 0.1) is 32.8 Å². The van der Waals surface area contributed by atoms with E-state index in [0.717, 1.165) is 61.0 Å². The molecule has 30 heavy (non-hydrogen) atoms. The summed E-state index contributed by atoms with van der Waals surface area (Å²) in [5, 5.41) is 2.86. The summed E-state index contributed by atoms with van der Waals surface area (Å²) >= 11 is 0. The van der Waals surface area contributed by atoms with Crippen molar-refractivity contribution in [1.82, 2.24) is 4.90 Å². The number of fused-ring (bicyclic) bond motifs is 1. The molecule has 0 saturated carbocycles. The van der Waals surface area contributed by atoms with Crippen LogP contribution in [0.1, 0.15) is 11.1 Å². The Bertz CT molecular complexity index is 907. The zero-order valence-electron chi connectivity index (χ0n) is 17.2. The molecule has 1 N–H and O–H groups in total. The Kier molecular flexibility index (Phi) is 6.18. The van der Waals surface area contributed by atoms with Crippen molar-refractivity contribution in [2.45, 2.75) is 12.8 Å². The van der Waals surface area contributed by atoms with Crippen LogP contribution in [0.4, 0.5) is 11.4 Å². The normalized spacial score (nSPS) is 15.3. The standard InChI is InChI=1S/C23H27N3O4/c1-25(23(28)15-17-2-7-21-18(14-17)8-11-30-21)16-22(27)24-19-3-5-20(6-4-19)26-9-12-29-13-10-26/h2-7,14H,8-13,15-16H2,1H3,(H,24,27). The fraction of sp³-hybridized carbons (Fsp3) is 0.391. The summed E-state index contributed by atoms with van der Waals surface area (Å²) < 4.78 is 10.9. The van der Waals surface area contributed by atoms with Gasteiger partial charge in [-0.1, -0.05) is 12.1 Å². The molecule has 2 aliphatic heterocycles. The van der Waals surface area contributed by atoms with E-state index in [-0.39, 0.29) is 24.8 Å². The molecule has 1 saturated heterocycles. The number of nitrogens with zero attached hydrogens (tertiary/aromatic N) is 2. The third-order valence-corrected chi connectivity index (χ3v) is 5.44. The van der Waals surface area contributed by atoms with Crippen LogP contribution in [-0.4, -0.2) is 63.2 Å². The van der Waals surface area contributed by atoms with Gasteiger partial charge in [-0.2, -0.15) is 0 Å². The lowest BCUT2D eigenvalue weighted by molar-refractivity contribution is -0.132. The predicted molar refractivity (Wildman–Crippen MR) is 115 cm³/mol. The maximum Gasteiger partial charge on any atom is 0.243 e. The summed E-state index contributed by atoms with van der Waals surface area (Å²) in [4.78, 5) is 28.6. The van der Waals surface area contributed by atoms with Crippen LogP contribution in [0.2, 0.25) is 0 Å². The maximum atomic E-state index is 12.5. The van der Waals surface area contributed by atoms with Gasteiger partial charge in [-0.25, -0.2) is 0 Å². The number of rotatable bonds is 6. The van der Waals surface area contributed by atoms with E-state index in [1.165, 1.54) is 4.90 Å². The molecule has 2 heterocycles. The lowest BCUT2D eigenvalue weighted by atomic mass is 10.1. The minimum absolute atomic E-state index is 0.0120. The number of hydrogen-bond donors (Lipinski definition) is 1. The molecule has 4 rings (SSSR count). The van der Waals surface area contributed by atoms with E-state index in [2.05, 4.69) is 10.2 Å². The smallest absolute Gasteiger partial charge is 0.243 e. The number of anilines is 2. The van der Waals surface area contributed by atoms with Gasteiger partial charge in [-0.05, 0) is 41.5 Å². The molecule has 0 bridgehead atoms. The molecule has 0 radical (unpaired) electrons. The number of morpholine rings is 1. The van der Waals surface area contributed by atoms with E-state index in [1.807, 2.05) is 42.5 Å². The van der Waals surface area contributed by atoms with Crippen LogP contribution in [0.5, 0.6) is 5.75 Å². The molecule has 7 nitrogen and oxygen atoms in total. The fourth-order valence-electron chi connectivity index (χ4n) is 3.74. The van der Waals surface area contributed by atoms with Crippen LogP contribution >= 0.6 is 0 Å². The highest BCUT2D eigenvalue weighted by Gasteiger charge is 2.17. The molecule has 2 aromatic rings. The van der Waals surface area contributed by atoms with E-state index in [1.54, 1.807) is 7.05 Å². The number of benzene rings is 2. The second-order valence-corrected chi connectivity index (χ2v) is 7.66. The molecule has 158 valence electrons. The van der Waals surface area contributed by atoms with Crippen molar-refractivity contribution in [2.75, 3.05) is 56.7 Å². The summed E-state index contributed by atoms with van der Waals surface area (Å²) in [6.07, 6.45) is 1.14. The van der Waals surface area contributed by atoms with Crippen LogP contribution < -0.4 is 15.0 Å². The second-order valence-electron chi connectivity index (χ2n) is 7.66. The number of ether oxygens (including phenoxy) is 2. The topological polar surface area (TPSA) is 71.1 Å². The number of nitrogens with one attached hydrogen (secondary N) is 1. The molecular formula is C23H27N3O4. The molecule has 2 amide bonds. The van der Waals surface area contributed by atoms with Crippen molar-refractivity contribution >= 4 is 23.2 Å². The number of hydrogen-bond acceptors (Lipinski definition) is 5. The minimum atomic E-state index is -0.215. The number of likely N-dealkylation sites (N-methyl/N-ethyl adjacent to an activating group) is 1. The quantitative estimate of drug-likeness (QED) is 0.791. The molecule has 7 heteroatoms. The lowest BCUT2D eigenvalue weighted by Gasteiger charge is -2.28. The summed E-state index contributed by atoms with van der Waals surface area (Å²) in [7, 11) is 1.65. The first kappa shape index (κ1) is 20.2. The van der Waals surface area contributed by atoms with Crippen LogP contribution in [0, 0.1) is 0 Å². The summed E-state index contributed by atoms with van der Waals surface area (Å²) in [5.41, 5.74) is 3.91. The highest BCUT2D eigenvalue weighted by Crippen LogP contribution is 2.26. The van der Waals surface area contributed by atoms with E-state index in [9.17, 15) is 9.59 Å². The molecular weight excluding hydrogens is 382 g/mol. The number of carbonyl (C=O) groups is 2. The largest absolute Gasteiger partial charge is 0.493 e. The zero-order chi connectivity index (χ0) is 20.9. The van der Waals surface area contributed by atoms with Crippen LogP contribution in [0.15, 0.2) is 42.5 Å². The van der Waals surface area contributed by atoms with E-state index < -0.39 is 0 Å². The van der Waals surface area contributed by atoms with Gasteiger partial charge in [0.1, 0.15) is 5.75 Å². The Morgan fingerprint density at radius 3 is 2.60 bits per heavy atom. The van der Waals surface area contributed by atoms with Gasteiger partial charge >= 0.3 is 0 Å². The minimum Gasteiger partial charge on any atom is -0.493 e. The first-order chi connectivity index (χ1) is 14.6. The van der Waals surface area contributed by atoms with Crippen molar-refractivity contribution < 1.29 is 19.1 Å². The van der Waals surface area contributed by atoms with Gasteiger partial charge in [0.2, 0.25) is 11.8 Å². The van der Waals surface area contributed by atoms with Gasteiger partial charge in [0.25, 0.3) is 0 Å². The second kappa shape index (κ2) is 9.17. The molecule has 0 atom stereocenters. The average molecular weight is 409 g/mol. The van der Waals surface area contributed by atoms with Gasteiger partial charge in [-0.3, -0.25) is 9.59 Å². The average Bonchev–Trinajstić information content (AvgIpc) is 3.22. The summed E-state index contributed by atoms with van der Waals surface area (Å²) in [6, 6.07) is 13.6. The Labute approximate surface area is 176 Å². The van der Waals surface area contributed by atoms with Crippen LogP contribution in [0.25, 0.3) is 0 Å². The molecule has 0 aromatic heterocycles. The maximum absolute atomic E-state index is 12.5. The Morgan fingerprint density at radius 1 is 1.07 bits per heavy atom. The SMILES string of the molecule is CN(CC(=O)Nc1ccc(N2CCOCC2)cc1)C(=O)Cc1ccc2c(c1)CCO2. The van der Waals surface area contributed by atoms with Crippen molar-refractivity contribution in [3.05, 3.63) is 53.6 Å². The number of carbonyl (C=O) groups excluding carboxylic acids is 2. The predicted octanol–water partition coefficient (Wildman–Crippen LogP) is 2.10. The van der Waals surface area contributed by atoms with Crippen molar-refractivity contribution in [3.8, 4) is 5.75 Å². The first-order valence-electron chi connectivity index (χ1n) is 10.3. The first-order valence-corrected chi connectivity index (χ1v) is 10.3. The zero-order valence-corrected chi connectivity index (χ0v) is 17.2. The Hall–Kier alpha value is -3.06. The van der Waals surface area contributed by atoms with E-state index in [0.29, 0.717) is 6.61 Å². The molecule has 0 unspecified atom stereocenters. The van der Waals surface area contributed by atoms with E-state index >= 15 is 0 Å². The highest BCUT2D eigenvalue weighted by molar-refractivity contribution is 5.94. The van der Waals surface area contributed by atoms with Crippen molar-refractivity contribution in [2.24, 2.45) is 0 Å². The van der Waals surface area contributed by atoms with Gasteiger partial charge in [0, 0.05) is 37.9 Å². The van der Waals surface area contributed by atoms with Crippen molar-refractivity contribution in [3.63, 3.8) is 0 Å². The van der Waals surface area contributed by atoms with Crippen LogP contribution in [-0.2, 0) is 27.2 Å². The molecule has 2 aromatic carbocycles. The summed E-state index contributed by atoms with van der Waals surface area (Å²) in [6.45, 7) is 3.92. The Balaban J connectivity index is 1.27.